The van der Waals surface area contributed by atoms with E-state index in [9.17, 15) is 0 Å². The highest BCUT2D eigenvalue weighted by atomic mass is 16.5. The molecule has 0 radical (unpaired) electrons. The van der Waals surface area contributed by atoms with Gasteiger partial charge in [-0.3, -0.25) is 0 Å². The van der Waals surface area contributed by atoms with Crippen LogP contribution in [0.2, 0.25) is 0 Å². The molecule has 0 unspecified atom stereocenters. The minimum atomic E-state index is 0.432. The van der Waals surface area contributed by atoms with Gasteiger partial charge in [0.05, 0.1) is 6.10 Å². The number of nitrogens with two attached hydrogens (primary N) is 1. The molecule has 1 aliphatic heterocycles. The van der Waals surface area contributed by atoms with Crippen LogP contribution in [0.4, 0.5) is 0 Å². The third-order valence-electron chi connectivity index (χ3n) is 4.36. The molecular weight excluding hydrogens is 150 g/mol. The first-order valence-corrected chi connectivity index (χ1v) is 5.22. The van der Waals surface area contributed by atoms with Crippen LogP contribution in [-0.4, -0.2) is 18.8 Å². The summed E-state index contributed by atoms with van der Waals surface area (Å²) in [5, 5.41) is 0. The lowest BCUT2D eigenvalue weighted by Gasteiger charge is -2.55. The van der Waals surface area contributed by atoms with Gasteiger partial charge in [0.1, 0.15) is 0 Å². The smallest absolute Gasteiger partial charge is 0.0690 e. The second-order valence-corrected chi connectivity index (χ2v) is 4.71. The summed E-state index contributed by atoms with van der Waals surface area (Å²) in [5.41, 5.74) is 6.66. The molecule has 2 saturated carbocycles. The molecule has 2 nitrogen and oxygen atoms in total. The quantitative estimate of drug-likeness (QED) is 0.590. The lowest BCUT2D eigenvalue weighted by Crippen LogP contribution is -2.65. The van der Waals surface area contributed by atoms with Crippen molar-refractivity contribution in [2.24, 2.45) is 17.1 Å². The van der Waals surface area contributed by atoms with Crippen molar-refractivity contribution in [3.05, 3.63) is 0 Å². The second kappa shape index (κ2) is 2.24. The SMILES string of the molecule is N[C@H]1[C@@H]2CCO[C@@H]2C12CCCC2. The van der Waals surface area contributed by atoms with E-state index in [2.05, 4.69) is 0 Å². The van der Waals surface area contributed by atoms with Crippen LogP contribution in [0, 0.1) is 11.3 Å². The van der Waals surface area contributed by atoms with Gasteiger partial charge in [0, 0.05) is 24.0 Å². The van der Waals surface area contributed by atoms with E-state index in [1.165, 1.54) is 32.1 Å². The molecule has 2 N–H and O–H groups in total. The molecule has 3 aliphatic rings. The van der Waals surface area contributed by atoms with Gasteiger partial charge < -0.3 is 10.5 Å². The highest BCUT2D eigenvalue weighted by Gasteiger charge is 2.63. The maximum Gasteiger partial charge on any atom is 0.0690 e. The zero-order chi connectivity index (χ0) is 8.18. The molecule has 1 spiro atoms. The topological polar surface area (TPSA) is 35.2 Å². The van der Waals surface area contributed by atoms with Crippen LogP contribution in [0.1, 0.15) is 32.1 Å². The minimum Gasteiger partial charge on any atom is -0.377 e. The van der Waals surface area contributed by atoms with Crippen LogP contribution >= 0.6 is 0 Å². The minimum absolute atomic E-state index is 0.432. The van der Waals surface area contributed by atoms with Crippen molar-refractivity contribution < 1.29 is 4.74 Å². The summed E-state index contributed by atoms with van der Waals surface area (Å²) < 4.78 is 5.78. The Morgan fingerprint density at radius 3 is 2.75 bits per heavy atom. The van der Waals surface area contributed by atoms with Gasteiger partial charge >= 0.3 is 0 Å². The van der Waals surface area contributed by atoms with Crippen LogP contribution < -0.4 is 5.73 Å². The molecule has 3 atom stereocenters. The van der Waals surface area contributed by atoms with Gasteiger partial charge in [-0.1, -0.05) is 12.8 Å². The Kier molecular flexibility index (Phi) is 1.37. The summed E-state index contributed by atoms with van der Waals surface area (Å²) in [6, 6.07) is 0.465. The van der Waals surface area contributed by atoms with E-state index < -0.39 is 0 Å². The molecule has 0 aromatic heterocycles. The Balaban J connectivity index is 1.87. The third-order valence-corrected chi connectivity index (χ3v) is 4.36. The van der Waals surface area contributed by atoms with Crippen LogP contribution in [0.3, 0.4) is 0 Å². The molecular formula is C10H17NO. The first-order chi connectivity index (χ1) is 5.84. The van der Waals surface area contributed by atoms with Gasteiger partial charge in [-0.15, -0.1) is 0 Å². The lowest BCUT2D eigenvalue weighted by molar-refractivity contribution is -0.118. The fraction of sp³-hybridized carbons (Fsp3) is 1.00. The van der Waals surface area contributed by atoms with Gasteiger partial charge in [0.25, 0.3) is 0 Å². The van der Waals surface area contributed by atoms with E-state index in [1.807, 2.05) is 0 Å². The Labute approximate surface area is 73.5 Å². The van der Waals surface area contributed by atoms with Gasteiger partial charge in [-0.05, 0) is 19.3 Å². The molecule has 12 heavy (non-hydrogen) atoms. The van der Waals surface area contributed by atoms with E-state index in [-0.39, 0.29) is 0 Å². The Bertz CT molecular complexity index is 198. The fourth-order valence-electron chi connectivity index (χ4n) is 3.71. The van der Waals surface area contributed by atoms with Crippen LogP contribution in [-0.2, 0) is 4.74 Å². The molecule has 1 heterocycles. The standard InChI is InChI=1S/C10H17NO/c11-8-7-3-6-12-9(7)10(8)4-1-2-5-10/h7-9H,1-6,11H2/t7-,8-,9-/m0/s1. The zero-order valence-electron chi connectivity index (χ0n) is 7.46. The Morgan fingerprint density at radius 2 is 2.00 bits per heavy atom. The number of hydrogen-bond donors (Lipinski definition) is 1. The van der Waals surface area contributed by atoms with Crippen molar-refractivity contribution in [1.82, 2.24) is 0 Å². The average molecular weight is 167 g/mol. The van der Waals surface area contributed by atoms with Gasteiger partial charge in [0.15, 0.2) is 0 Å². The summed E-state index contributed by atoms with van der Waals surface area (Å²) in [5.74, 6) is 0.711. The zero-order valence-corrected chi connectivity index (χ0v) is 7.46. The lowest BCUT2D eigenvalue weighted by atomic mass is 9.55. The summed E-state index contributed by atoms with van der Waals surface area (Å²) in [6.07, 6.45) is 7.17. The summed E-state index contributed by atoms with van der Waals surface area (Å²) >= 11 is 0. The van der Waals surface area contributed by atoms with E-state index in [0.29, 0.717) is 23.5 Å². The number of rotatable bonds is 0. The molecule has 0 bridgehead atoms. The molecule has 0 amide bonds. The van der Waals surface area contributed by atoms with Crippen LogP contribution in [0.25, 0.3) is 0 Å². The van der Waals surface area contributed by atoms with Gasteiger partial charge in [-0.25, -0.2) is 0 Å². The van der Waals surface area contributed by atoms with Gasteiger partial charge in [0.2, 0.25) is 0 Å². The van der Waals surface area contributed by atoms with E-state index in [4.69, 9.17) is 10.5 Å². The number of fused-ring (bicyclic) bond motifs is 2. The molecule has 1 saturated heterocycles. The number of hydrogen-bond acceptors (Lipinski definition) is 2. The molecule has 3 fully saturated rings. The van der Waals surface area contributed by atoms with Crippen molar-refractivity contribution in [3.63, 3.8) is 0 Å². The van der Waals surface area contributed by atoms with Crippen LogP contribution in [0.15, 0.2) is 0 Å². The largest absolute Gasteiger partial charge is 0.377 e. The molecule has 68 valence electrons. The van der Waals surface area contributed by atoms with Crippen molar-refractivity contribution in [3.8, 4) is 0 Å². The Hall–Kier alpha value is -0.0800. The van der Waals surface area contributed by atoms with Crippen molar-refractivity contribution in [2.75, 3.05) is 6.61 Å². The number of ether oxygens (including phenoxy) is 1. The van der Waals surface area contributed by atoms with E-state index >= 15 is 0 Å². The predicted octanol–water partition coefficient (Wildman–Crippen LogP) is 1.29. The third kappa shape index (κ3) is 0.647. The summed E-state index contributed by atoms with van der Waals surface area (Å²) in [7, 11) is 0. The molecule has 2 aliphatic carbocycles. The average Bonchev–Trinajstić information content (AvgIpc) is 2.72. The second-order valence-electron chi connectivity index (χ2n) is 4.71. The van der Waals surface area contributed by atoms with E-state index in [0.717, 1.165) is 6.61 Å². The maximum absolute atomic E-state index is 6.22. The highest BCUT2D eigenvalue weighted by molar-refractivity contribution is 5.15. The molecule has 0 aromatic carbocycles. The normalized spacial score (nSPS) is 49.2. The Morgan fingerprint density at radius 1 is 1.25 bits per heavy atom. The highest BCUT2D eigenvalue weighted by Crippen LogP contribution is 2.59. The van der Waals surface area contributed by atoms with Crippen LogP contribution in [0.5, 0.6) is 0 Å². The predicted molar refractivity (Wildman–Crippen MR) is 46.7 cm³/mol. The molecule has 3 rings (SSSR count). The monoisotopic (exact) mass is 167 g/mol. The maximum atomic E-state index is 6.22. The van der Waals surface area contributed by atoms with Crippen molar-refractivity contribution in [1.29, 1.82) is 0 Å². The van der Waals surface area contributed by atoms with Crippen molar-refractivity contribution in [2.45, 2.75) is 44.2 Å². The molecule has 0 aromatic rings. The summed E-state index contributed by atoms with van der Waals surface area (Å²) in [6.45, 7) is 0.963. The first kappa shape index (κ1) is 7.34. The fourth-order valence-corrected chi connectivity index (χ4v) is 3.71. The van der Waals surface area contributed by atoms with E-state index in [1.54, 1.807) is 0 Å². The summed E-state index contributed by atoms with van der Waals surface area (Å²) in [4.78, 5) is 0. The molecule has 2 heteroatoms. The van der Waals surface area contributed by atoms with Crippen molar-refractivity contribution >= 4 is 0 Å². The van der Waals surface area contributed by atoms with Gasteiger partial charge in [-0.2, -0.15) is 0 Å². The first-order valence-electron chi connectivity index (χ1n) is 5.22.